The first-order valence-electron chi connectivity index (χ1n) is 6.73. The highest BCUT2D eigenvalue weighted by molar-refractivity contribution is 5.73. The number of carbonyl (C=O) groups is 1. The molecule has 2 rings (SSSR count). The van der Waals surface area contributed by atoms with E-state index < -0.39 is 4.92 Å². The number of nitrogens with one attached hydrogen (secondary N) is 1. The Morgan fingerprint density at radius 2 is 2.05 bits per heavy atom. The molecule has 0 unspecified atom stereocenters. The highest BCUT2D eigenvalue weighted by Crippen LogP contribution is 2.28. The second-order valence-electron chi connectivity index (χ2n) is 4.99. The molecular formula is C13H19N5O3. The lowest BCUT2D eigenvalue weighted by Gasteiger charge is -2.34. The fourth-order valence-corrected chi connectivity index (χ4v) is 2.50. The maximum Gasteiger partial charge on any atom is 0.293 e. The topological polar surface area (TPSA) is 105 Å². The molecule has 1 fully saturated rings. The number of hydrogen-bond donors (Lipinski definition) is 2. The number of nitrogen functional groups attached to an aromatic ring is 1. The number of amides is 1. The van der Waals surface area contributed by atoms with Gasteiger partial charge in [0.05, 0.1) is 4.92 Å². The summed E-state index contributed by atoms with van der Waals surface area (Å²) < 4.78 is 0. The van der Waals surface area contributed by atoms with Crippen molar-refractivity contribution in [1.29, 1.82) is 0 Å². The summed E-state index contributed by atoms with van der Waals surface area (Å²) in [5.74, 6) is 5.51. The van der Waals surface area contributed by atoms with Crippen molar-refractivity contribution in [1.82, 2.24) is 9.80 Å². The van der Waals surface area contributed by atoms with Crippen LogP contribution in [0.5, 0.6) is 0 Å². The maximum atomic E-state index is 11.3. The van der Waals surface area contributed by atoms with Crippen LogP contribution in [0.3, 0.4) is 0 Å². The maximum absolute atomic E-state index is 11.3. The summed E-state index contributed by atoms with van der Waals surface area (Å²) in [6.45, 7) is 4.96. The average Bonchev–Trinajstić information content (AvgIpc) is 2.47. The zero-order valence-corrected chi connectivity index (χ0v) is 11.9. The molecule has 8 nitrogen and oxygen atoms in total. The average molecular weight is 293 g/mol. The summed E-state index contributed by atoms with van der Waals surface area (Å²) in [4.78, 5) is 25.8. The van der Waals surface area contributed by atoms with Crippen molar-refractivity contribution < 1.29 is 9.72 Å². The molecule has 1 aromatic carbocycles. The van der Waals surface area contributed by atoms with Gasteiger partial charge in [-0.15, -0.1) is 0 Å². The predicted molar refractivity (Wildman–Crippen MR) is 78.4 cm³/mol. The number of nitrogens with two attached hydrogens (primary N) is 1. The lowest BCUT2D eigenvalue weighted by Crippen LogP contribution is -2.47. The van der Waals surface area contributed by atoms with Crippen molar-refractivity contribution in [2.24, 2.45) is 5.84 Å². The van der Waals surface area contributed by atoms with E-state index in [1.807, 2.05) is 6.07 Å². The number of rotatable bonds is 4. The van der Waals surface area contributed by atoms with Crippen LogP contribution in [0.15, 0.2) is 18.2 Å². The van der Waals surface area contributed by atoms with Crippen molar-refractivity contribution in [2.75, 3.05) is 31.6 Å². The molecule has 1 heterocycles. The third kappa shape index (κ3) is 3.47. The molecule has 0 radical (unpaired) electrons. The molecule has 1 aromatic rings. The number of hydrazine groups is 1. The van der Waals surface area contributed by atoms with Crippen molar-refractivity contribution in [3.8, 4) is 0 Å². The van der Waals surface area contributed by atoms with Gasteiger partial charge in [0, 0.05) is 45.7 Å². The number of nitro groups is 1. The largest absolute Gasteiger partial charge is 0.340 e. The standard InChI is InChI=1S/C13H19N5O3/c1-10(19)17-7-5-16(6-8-17)9-11-3-2-4-12(18(20)21)13(11)15-14/h2-4,15H,5-9,14H2,1H3. The van der Waals surface area contributed by atoms with Gasteiger partial charge in [-0.3, -0.25) is 25.7 Å². The molecule has 3 N–H and O–H groups in total. The minimum atomic E-state index is -0.452. The van der Waals surface area contributed by atoms with Gasteiger partial charge in [-0.1, -0.05) is 12.1 Å². The van der Waals surface area contributed by atoms with E-state index in [1.165, 1.54) is 6.07 Å². The Balaban J connectivity index is 2.09. The molecule has 114 valence electrons. The number of piperazine rings is 1. The molecule has 1 saturated heterocycles. The Labute approximate surface area is 122 Å². The van der Waals surface area contributed by atoms with Crippen LogP contribution in [-0.2, 0) is 11.3 Å². The van der Waals surface area contributed by atoms with E-state index in [4.69, 9.17) is 5.84 Å². The summed E-state index contributed by atoms with van der Waals surface area (Å²) in [5.41, 5.74) is 3.52. The Morgan fingerprint density at radius 3 is 2.57 bits per heavy atom. The third-order valence-corrected chi connectivity index (χ3v) is 3.68. The van der Waals surface area contributed by atoms with Crippen molar-refractivity contribution in [3.05, 3.63) is 33.9 Å². The van der Waals surface area contributed by atoms with Gasteiger partial charge in [-0.2, -0.15) is 0 Å². The van der Waals surface area contributed by atoms with Gasteiger partial charge in [-0.25, -0.2) is 0 Å². The number of anilines is 1. The number of para-hydroxylation sites is 1. The van der Waals surface area contributed by atoms with Crippen LogP contribution in [0.4, 0.5) is 11.4 Å². The molecule has 1 aliphatic rings. The minimum Gasteiger partial charge on any atom is -0.340 e. The zero-order valence-electron chi connectivity index (χ0n) is 11.9. The molecule has 0 atom stereocenters. The second kappa shape index (κ2) is 6.51. The number of nitro benzene ring substituents is 1. The smallest absolute Gasteiger partial charge is 0.293 e. The van der Waals surface area contributed by atoms with Crippen molar-refractivity contribution >= 4 is 17.3 Å². The summed E-state index contributed by atoms with van der Waals surface area (Å²) in [5, 5.41) is 11.0. The van der Waals surface area contributed by atoms with Crippen LogP contribution in [0.25, 0.3) is 0 Å². The van der Waals surface area contributed by atoms with Crippen LogP contribution in [0.1, 0.15) is 12.5 Å². The molecule has 8 heteroatoms. The Kier molecular flexibility index (Phi) is 4.71. The molecule has 1 amide bonds. The monoisotopic (exact) mass is 293 g/mol. The Bertz CT molecular complexity index is 541. The minimum absolute atomic E-state index is 0.0302. The van der Waals surface area contributed by atoms with E-state index in [9.17, 15) is 14.9 Å². The van der Waals surface area contributed by atoms with Crippen LogP contribution in [0.2, 0.25) is 0 Å². The van der Waals surface area contributed by atoms with Gasteiger partial charge in [0.2, 0.25) is 5.91 Å². The molecule has 21 heavy (non-hydrogen) atoms. The van der Waals surface area contributed by atoms with Gasteiger partial charge < -0.3 is 10.3 Å². The number of nitrogens with zero attached hydrogens (tertiary/aromatic N) is 3. The normalized spacial score (nSPS) is 15.8. The predicted octanol–water partition coefficient (Wildman–Crippen LogP) is 0.544. The van der Waals surface area contributed by atoms with Gasteiger partial charge in [0.1, 0.15) is 5.69 Å². The van der Waals surface area contributed by atoms with E-state index in [-0.39, 0.29) is 11.6 Å². The molecule has 0 bridgehead atoms. The lowest BCUT2D eigenvalue weighted by atomic mass is 10.1. The lowest BCUT2D eigenvalue weighted by molar-refractivity contribution is -0.384. The van der Waals surface area contributed by atoms with E-state index in [1.54, 1.807) is 17.9 Å². The van der Waals surface area contributed by atoms with Gasteiger partial charge in [0.15, 0.2) is 0 Å². The highest BCUT2D eigenvalue weighted by Gasteiger charge is 2.22. The SMILES string of the molecule is CC(=O)N1CCN(Cc2cccc([N+](=O)[O-])c2NN)CC1. The van der Waals surface area contributed by atoms with Gasteiger partial charge in [0.25, 0.3) is 5.69 Å². The van der Waals surface area contributed by atoms with Crippen molar-refractivity contribution in [3.63, 3.8) is 0 Å². The molecule has 0 saturated carbocycles. The van der Waals surface area contributed by atoms with E-state index in [0.717, 1.165) is 18.7 Å². The number of carbonyl (C=O) groups excluding carboxylic acids is 1. The fraction of sp³-hybridized carbons (Fsp3) is 0.462. The Morgan fingerprint density at radius 1 is 1.38 bits per heavy atom. The molecule has 1 aliphatic heterocycles. The quantitative estimate of drug-likeness (QED) is 0.477. The van der Waals surface area contributed by atoms with E-state index >= 15 is 0 Å². The summed E-state index contributed by atoms with van der Waals surface area (Å²) in [7, 11) is 0. The highest BCUT2D eigenvalue weighted by atomic mass is 16.6. The van der Waals surface area contributed by atoms with Crippen LogP contribution >= 0.6 is 0 Å². The van der Waals surface area contributed by atoms with Crippen molar-refractivity contribution in [2.45, 2.75) is 13.5 Å². The van der Waals surface area contributed by atoms with E-state index in [0.29, 0.717) is 25.3 Å². The van der Waals surface area contributed by atoms with E-state index in [2.05, 4.69) is 10.3 Å². The first kappa shape index (κ1) is 15.2. The van der Waals surface area contributed by atoms with Crippen LogP contribution < -0.4 is 11.3 Å². The Hall–Kier alpha value is -2.19. The number of benzene rings is 1. The van der Waals surface area contributed by atoms with Gasteiger partial charge in [-0.05, 0) is 5.56 Å². The molecule has 0 aliphatic carbocycles. The summed E-state index contributed by atoms with van der Waals surface area (Å²) in [6, 6.07) is 4.89. The summed E-state index contributed by atoms with van der Waals surface area (Å²) in [6.07, 6.45) is 0. The number of hydrogen-bond acceptors (Lipinski definition) is 6. The third-order valence-electron chi connectivity index (χ3n) is 3.68. The van der Waals surface area contributed by atoms with Crippen LogP contribution in [-0.4, -0.2) is 46.8 Å². The molecule has 0 aromatic heterocycles. The second-order valence-corrected chi connectivity index (χ2v) is 4.99. The molecule has 0 spiro atoms. The van der Waals surface area contributed by atoms with Crippen LogP contribution in [0, 0.1) is 10.1 Å². The molecular weight excluding hydrogens is 274 g/mol. The fourth-order valence-electron chi connectivity index (χ4n) is 2.50. The first-order valence-corrected chi connectivity index (χ1v) is 6.73. The zero-order chi connectivity index (χ0) is 15.4. The first-order chi connectivity index (χ1) is 10.0. The van der Waals surface area contributed by atoms with Gasteiger partial charge >= 0.3 is 0 Å². The summed E-state index contributed by atoms with van der Waals surface area (Å²) >= 11 is 0.